The molecule has 2 rings (SSSR count). The Balaban J connectivity index is 1.99. The first kappa shape index (κ1) is 20.7. The van der Waals surface area contributed by atoms with Crippen LogP contribution >= 0.6 is 23.4 Å². The van der Waals surface area contributed by atoms with Crippen LogP contribution in [0.3, 0.4) is 0 Å². The quantitative estimate of drug-likeness (QED) is 0.394. The molecule has 0 radical (unpaired) electrons. The second-order valence-corrected chi connectivity index (χ2v) is 6.74. The maximum atomic E-state index is 12.1. The predicted octanol–water partition coefficient (Wildman–Crippen LogP) is 1.15. The first-order valence-corrected chi connectivity index (χ1v) is 9.26. The second kappa shape index (κ2) is 9.38. The van der Waals surface area contributed by atoms with Crippen molar-refractivity contribution in [2.24, 2.45) is 0 Å². The van der Waals surface area contributed by atoms with Crippen molar-refractivity contribution in [1.29, 1.82) is 0 Å². The zero-order chi connectivity index (χ0) is 20.0. The van der Waals surface area contributed by atoms with Crippen molar-refractivity contribution in [2.45, 2.75) is 25.4 Å². The van der Waals surface area contributed by atoms with E-state index in [0.29, 0.717) is 10.7 Å². The number of rotatable bonds is 7. The van der Waals surface area contributed by atoms with Crippen LogP contribution in [0.2, 0.25) is 5.02 Å². The van der Waals surface area contributed by atoms with Gasteiger partial charge < -0.3 is 15.9 Å². The van der Waals surface area contributed by atoms with Crippen LogP contribution in [-0.4, -0.2) is 39.1 Å². The average Bonchev–Trinajstić information content (AvgIpc) is 2.62. The zero-order valence-corrected chi connectivity index (χ0v) is 16.3. The molecule has 0 spiro atoms. The molecule has 9 nitrogen and oxygen atoms in total. The van der Waals surface area contributed by atoms with E-state index in [1.54, 1.807) is 25.1 Å². The summed E-state index contributed by atoms with van der Waals surface area (Å²) in [6.07, 6.45) is -0.323. The highest BCUT2D eigenvalue weighted by molar-refractivity contribution is 7.99. The van der Waals surface area contributed by atoms with Crippen molar-refractivity contribution >= 4 is 40.9 Å². The number of thioether (sulfide) groups is 1. The van der Waals surface area contributed by atoms with Gasteiger partial charge in [-0.3, -0.25) is 14.4 Å². The molecule has 1 aromatic heterocycles. The van der Waals surface area contributed by atoms with Gasteiger partial charge in [0, 0.05) is 10.7 Å². The number of nitrogens with zero attached hydrogens (tertiary/aromatic N) is 3. The number of nitrogens with two attached hydrogens (primary N) is 1. The summed E-state index contributed by atoms with van der Waals surface area (Å²) in [4.78, 5) is 35.6. The maximum Gasteiger partial charge on any atom is 0.312 e. The summed E-state index contributed by atoms with van der Waals surface area (Å²) in [5, 5.41) is 10.8. The van der Waals surface area contributed by atoms with Crippen LogP contribution in [0.15, 0.2) is 28.2 Å². The minimum atomic E-state index is -0.675. The molecule has 11 heteroatoms. The highest BCUT2D eigenvalue weighted by Gasteiger charge is 2.16. The highest BCUT2D eigenvalue weighted by atomic mass is 35.5. The summed E-state index contributed by atoms with van der Waals surface area (Å²) >= 11 is 6.95. The Morgan fingerprint density at radius 3 is 2.78 bits per heavy atom. The number of ether oxygens (including phenoxy) is 1. The Kier molecular flexibility index (Phi) is 7.19. The van der Waals surface area contributed by atoms with Gasteiger partial charge in [0.25, 0.3) is 5.56 Å². The van der Waals surface area contributed by atoms with E-state index in [-0.39, 0.29) is 35.5 Å². The van der Waals surface area contributed by atoms with Gasteiger partial charge in [0.1, 0.15) is 5.69 Å². The summed E-state index contributed by atoms with van der Waals surface area (Å²) in [5.74, 6) is 4.71. The fourth-order valence-electron chi connectivity index (χ4n) is 1.98. The number of anilines is 1. The van der Waals surface area contributed by atoms with Crippen molar-refractivity contribution < 1.29 is 14.3 Å². The molecule has 0 saturated carbocycles. The summed E-state index contributed by atoms with van der Waals surface area (Å²) in [6.45, 7) is 3.70. The van der Waals surface area contributed by atoms with Gasteiger partial charge in [-0.15, -0.1) is 10.2 Å². The molecule has 2 aromatic rings. The molecule has 27 heavy (non-hydrogen) atoms. The summed E-state index contributed by atoms with van der Waals surface area (Å²) < 4.78 is 5.51. The molecule has 0 unspecified atom stereocenters. The minimum Gasteiger partial charge on any atom is -0.466 e. The van der Waals surface area contributed by atoms with Crippen molar-refractivity contribution in [2.75, 3.05) is 23.5 Å². The number of hydrogen-bond acceptors (Lipinski definition) is 8. The number of halogens is 1. The summed E-state index contributed by atoms with van der Waals surface area (Å²) in [6, 6.07) is 5.16. The molecular formula is C16H18ClN5O4S. The lowest BCUT2D eigenvalue weighted by molar-refractivity contribution is -0.142. The Labute approximate surface area is 164 Å². The number of aromatic nitrogens is 3. The fourth-order valence-corrected chi connectivity index (χ4v) is 2.81. The normalized spacial score (nSPS) is 10.5. The standard InChI is InChI=1S/C16H18ClN5O4S/c1-3-26-14(24)7-12-15(25)22(18)16(21-20-12)27-8-13(23)19-10-5-4-9(2)11(17)6-10/h4-6H,3,7-8,18H2,1-2H3,(H,19,23). The van der Waals surface area contributed by atoms with E-state index in [9.17, 15) is 14.4 Å². The van der Waals surface area contributed by atoms with Crippen LogP contribution in [0, 0.1) is 6.92 Å². The molecular weight excluding hydrogens is 394 g/mol. The SMILES string of the molecule is CCOC(=O)Cc1nnc(SCC(=O)Nc2ccc(C)c(Cl)c2)n(N)c1=O. The third kappa shape index (κ3) is 5.69. The van der Waals surface area contributed by atoms with Crippen LogP contribution in [0.4, 0.5) is 5.69 Å². The molecule has 3 N–H and O–H groups in total. The van der Waals surface area contributed by atoms with Gasteiger partial charge in [-0.1, -0.05) is 29.4 Å². The number of amides is 1. The van der Waals surface area contributed by atoms with E-state index < -0.39 is 11.5 Å². The van der Waals surface area contributed by atoms with E-state index in [0.717, 1.165) is 22.0 Å². The number of hydrogen-bond donors (Lipinski definition) is 2. The third-order valence-electron chi connectivity index (χ3n) is 3.33. The molecule has 0 aliphatic heterocycles. The molecule has 0 atom stereocenters. The number of aryl methyl sites for hydroxylation is 1. The first-order chi connectivity index (χ1) is 12.8. The zero-order valence-electron chi connectivity index (χ0n) is 14.7. The third-order valence-corrected chi connectivity index (χ3v) is 4.68. The lowest BCUT2D eigenvalue weighted by Gasteiger charge is -2.08. The van der Waals surface area contributed by atoms with Crippen molar-refractivity contribution in [3.63, 3.8) is 0 Å². The minimum absolute atomic E-state index is 0.0460. The van der Waals surface area contributed by atoms with Crippen LogP contribution in [0.25, 0.3) is 0 Å². The van der Waals surface area contributed by atoms with Crippen molar-refractivity contribution in [3.05, 3.63) is 44.8 Å². The lowest BCUT2D eigenvalue weighted by atomic mass is 10.2. The number of nitrogen functional groups attached to an aromatic ring is 1. The van der Waals surface area contributed by atoms with E-state index in [1.807, 2.05) is 6.92 Å². The largest absolute Gasteiger partial charge is 0.466 e. The molecule has 0 fully saturated rings. The smallest absolute Gasteiger partial charge is 0.312 e. The van der Waals surface area contributed by atoms with Crippen molar-refractivity contribution in [1.82, 2.24) is 14.9 Å². The summed E-state index contributed by atoms with van der Waals surface area (Å²) in [5.41, 5.74) is 0.650. The lowest BCUT2D eigenvalue weighted by Crippen LogP contribution is -2.35. The average molecular weight is 412 g/mol. The van der Waals surface area contributed by atoms with Gasteiger partial charge in [-0.2, -0.15) is 4.68 Å². The number of benzene rings is 1. The Bertz CT molecular complexity index is 918. The van der Waals surface area contributed by atoms with E-state index >= 15 is 0 Å². The molecule has 0 bridgehead atoms. The first-order valence-electron chi connectivity index (χ1n) is 7.90. The number of carbonyl (C=O) groups excluding carboxylic acids is 2. The van der Waals surface area contributed by atoms with Gasteiger partial charge in [-0.05, 0) is 31.5 Å². The molecule has 1 amide bonds. The molecule has 144 valence electrons. The van der Waals surface area contributed by atoms with E-state index in [4.69, 9.17) is 22.2 Å². The maximum absolute atomic E-state index is 12.1. The highest BCUT2D eigenvalue weighted by Crippen LogP contribution is 2.20. The number of nitrogens with one attached hydrogen (secondary N) is 1. The molecule has 1 heterocycles. The monoisotopic (exact) mass is 411 g/mol. The van der Waals surface area contributed by atoms with Gasteiger partial charge in [0.2, 0.25) is 11.1 Å². The Hall–Kier alpha value is -2.59. The van der Waals surface area contributed by atoms with Crippen LogP contribution in [-0.2, 0) is 20.7 Å². The van der Waals surface area contributed by atoms with E-state index in [2.05, 4.69) is 15.5 Å². The fraction of sp³-hybridized carbons (Fsp3) is 0.312. The van der Waals surface area contributed by atoms with Gasteiger partial charge >= 0.3 is 5.97 Å². The Morgan fingerprint density at radius 1 is 1.37 bits per heavy atom. The molecule has 1 aromatic carbocycles. The van der Waals surface area contributed by atoms with Crippen molar-refractivity contribution in [3.8, 4) is 0 Å². The van der Waals surface area contributed by atoms with Crippen LogP contribution < -0.4 is 16.7 Å². The molecule has 0 aliphatic rings. The second-order valence-electron chi connectivity index (χ2n) is 5.39. The summed E-state index contributed by atoms with van der Waals surface area (Å²) in [7, 11) is 0. The number of esters is 1. The van der Waals surface area contributed by atoms with Crippen LogP contribution in [0.1, 0.15) is 18.2 Å². The predicted molar refractivity (Wildman–Crippen MR) is 102 cm³/mol. The van der Waals surface area contributed by atoms with E-state index in [1.165, 1.54) is 0 Å². The van der Waals surface area contributed by atoms with Crippen LogP contribution in [0.5, 0.6) is 0 Å². The topological polar surface area (TPSA) is 129 Å². The Morgan fingerprint density at radius 2 is 2.11 bits per heavy atom. The van der Waals surface area contributed by atoms with Gasteiger partial charge in [0.05, 0.1) is 18.8 Å². The molecule has 0 aliphatic carbocycles. The number of carbonyl (C=O) groups is 2. The molecule has 0 saturated heterocycles. The van der Waals surface area contributed by atoms with Gasteiger partial charge in [-0.25, -0.2) is 0 Å². The van der Waals surface area contributed by atoms with Gasteiger partial charge in [0.15, 0.2) is 0 Å².